The lowest BCUT2D eigenvalue weighted by atomic mass is 10.1. The molecular formula is C16H20Cl2FNO4S. The largest absolute Gasteiger partial charge is 0.370 e. The van der Waals surface area contributed by atoms with Gasteiger partial charge in [0.2, 0.25) is 5.91 Å². The number of amides is 1. The molecule has 1 fully saturated rings. The number of carbonyl (C=O) groups is 1. The van der Waals surface area contributed by atoms with Crippen molar-refractivity contribution >= 4 is 38.9 Å². The van der Waals surface area contributed by atoms with Crippen LogP contribution in [0, 0.1) is 11.7 Å². The van der Waals surface area contributed by atoms with Crippen molar-refractivity contribution < 1.29 is 22.3 Å². The Morgan fingerprint density at radius 2 is 2.04 bits per heavy atom. The van der Waals surface area contributed by atoms with E-state index in [9.17, 15) is 17.6 Å². The minimum absolute atomic E-state index is 0.0409. The summed E-state index contributed by atoms with van der Waals surface area (Å²) in [5.74, 6) is -1.75. The molecule has 0 spiro atoms. The van der Waals surface area contributed by atoms with E-state index < -0.39 is 33.4 Å². The van der Waals surface area contributed by atoms with Crippen LogP contribution in [0.5, 0.6) is 0 Å². The molecule has 0 aromatic heterocycles. The summed E-state index contributed by atoms with van der Waals surface area (Å²) in [5.41, 5.74) is 0.381. The molecule has 0 saturated carbocycles. The van der Waals surface area contributed by atoms with Crippen molar-refractivity contribution in [2.45, 2.75) is 20.0 Å². The highest BCUT2D eigenvalue weighted by Gasteiger charge is 2.30. The molecule has 0 N–H and O–H groups in total. The zero-order valence-electron chi connectivity index (χ0n) is 14.0. The van der Waals surface area contributed by atoms with Crippen molar-refractivity contribution in [3.05, 3.63) is 33.6 Å². The van der Waals surface area contributed by atoms with Crippen LogP contribution in [0.25, 0.3) is 0 Å². The van der Waals surface area contributed by atoms with Gasteiger partial charge in [-0.2, -0.15) is 0 Å². The molecule has 0 aliphatic carbocycles. The number of rotatable bonds is 5. The molecule has 1 aliphatic rings. The number of halogens is 3. The summed E-state index contributed by atoms with van der Waals surface area (Å²) in [6, 6.07) is 2.46. The van der Waals surface area contributed by atoms with Crippen LogP contribution in [0.15, 0.2) is 12.1 Å². The summed E-state index contributed by atoms with van der Waals surface area (Å²) in [4.78, 5) is 13.8. The fourth-order valence-electron chi connectivity index (χ4n) is 2.69. The van der Waals surface area contributed by atoms with Gasteiger partial charge < -0.3 is 9.64 Å². The molecule has 5 nitrogen and oxygen atoms in total. The molecule has 25 heavy (non-hydrogen) atoms. The van der Waals surface area contributed by atoms with Crippen LogP contribution in [0.2, 0.25) is 10.0 Å². The van der Waals surface area contributed by atoms with Gasteiger partial charge in [-0.25, -0.2) is 12.8 Å². The summed E-state index contributed by atoms with van der Waals surface area (Å²) in [5, 5.41) is 0.135. The highest BCUT2D eigenvalue weighted by Crippen LogP contribution is 2.32. The van der Waals surface area contributed by atoms with Crippen LogP contribution >= 0.6 is 23.2 Å². The van der Waals surface area contributed by atoms with E-state index in [1.54, 1.807) is 13.8 Å². The predicted octanol–water partition coefficient (Wildman–Crippen LogP) is 3.10. The molecule has 1 aromatic carbocycles. The second-order valence-electron chi connectivity index (χ2n) is 6.44. The van der Waals surface area contributed by atoms with Crippen molar-refractivity contribution in [2.24, 2.45) is 5.92 Å². The molecule has 1 saturated heterocycles. The molecule has 1 aliphatic heterocycles. The van der Waals surface area contributed by atoms with E-state index in [0.29, 0.717) is 5.56 Å². The Bertz CT molecular complexity index is 755. The van der Waals surface area contributed by atoms with Crippen molar-refractivity contribution in [2.75, 3.05) is 31.2 Å². The van der Waals surface area contributed by atoms with Gasteiger partial charge in [-0.1, -0.05) is 37.0 Å². The zero-order chi connectivity index (χ0) is 18.8. The van der Waals surface area contributed by atoms with Crippen LogP contribution in [-0.2, 0) is 19.4 Å². The first kappa shape index (κ1) is 20.4. The van der Waals surface area contributed by atoms with Gasteiger partial charge in [0, 0.05) is 17.1 Å². The third-order valence-corrected chi connectivity index (χ3v) is 6.21. The Morgan fingerprint density at radius 3 is 2.68 bits per heavy atom. The van der Waals surface area contributed by atoms with Gasteiger partial charge in [0.25, 0.3) is 0 Å². The molecule has 0 bridgehead atoms. The summed E-state index contributed by atoms with van der Waals surface area (Å²) in [6.45, 7) is 4.16. The minimum Gasteiger partial charge on any atom is -0.370 e. The normalized spacial score (nSPS) is 18.6. The van der Waals surface area contributed by atoms with E-state index in [-0.39, 0.29) is 41.4 Å². The summed E-state index contributed by atoms with van der Waals surface area (Å²) < 4.78 is 43.3. The van der Waals surface area contributed by atoms with E-state index in [1.165, 1.54) is 17.0 Å². The standard InChI is InChI=1S/C16H20Cl2FNO4S/c1-10(2)8-25(22,23)9-16(21)20-3-4-24-15(7-20)11-5-14(19)13(18)6-12(11)17/h5-6,10,15H,3-4,7-9H2,1-2H3. The SMILES string of the molecule is CC(C)CS(=O)(=O)CC(=O)N1CCOC(c2cc(F)c(Cl)cc2Cl)C1. The maximum absolute atomic E-state index is 13.7. The van der Waals surface area contributed by atoms with Gasteiger partial charge in [0.15, 0.2) is 9.84 Å². The predicted molar refractivity (Wildman–Crippen MR) is 95.2 cm³/mol. The summed E-state index contributed by atoms with van der Waals surface area (Å²) in [7, 11) is -3.47. The smallest absolute Gasteiger partial charge is 0.237 e. The maximum Gasteiger partial charge on any atom is 0.237 e. The molecule has 140 valence electrons. The first-order valence-electron chi connectivity index (χ1n) is 7.83. The lowest BCUT2D eigenvalue weighted by molar-refractivity contribution is -0.136. The molecule has 0 radical (unpaired) electrons. The van der Waals surface area contributed by atoms with Crippen molar-refractivity contribution in [1.29, 1.82) is 0 Å². The molecular weight excluding hydrogens is 392 g/mol. The minimum atomic E-state index is -3.47. The van der Waals surface area contributed by atoms with E-state index >= 15 is 0 Å². The van der Waals surface area contributed by atoms with Crippen LogP contribution in [0.4, 0.5) is 4.39 Å². The number of ether oxygens (including phenoxy) is 1. The molecule has 2 rings (SSSR count). The first-order valence-corrected chi connectivity index (χ1v) is 10.4. The van der Waals surface area contributed by atoms with Gasteiger partial charge in [-0.15, -0.1) is 0 Å². The number of hydrogen-bond acceptors (Lipinski definition) is 4. The van der Waals surface area contributed by atoms with E-state index in [0.717, 1.165) is 0 Å². The van der Waals surface area contributed by atoms with Gasteiger partial charge in [-0.3, -0.25) is 4.79 Å². The maximum atomic E-state index is 13.7. The van der Waals surface area contributed by atoms with Crippen molar-refractivity contribution in [3.63, 3.8) is 0 Å². The fraction of sp³-hybridized carbons (Fsp3) is 0.562. The average Bonchev–Trinajstić information content (AvgIpc) is 2.49. The fourth-order valence-corrected chi connectivity index (χ4v) is 4.89. The second kappa shape index (κ2) is 8.20. The monoisotopic (exact) mass is 411 g/mol. The second-order valence-corrected chi connectivity index (χ2v) is 9.36. The number of morpholine rings is 1. The Hall–Kier alpha value is -0.890. The first-order chi connectivity index (χ1) is 11.6. The Morgan fingerprint density at radius 1 is 1.36 bits per heavy atom. The molecule has 1 unspecified atom stereocenters. The third kappa shape index (κ3) is 5.54. The summed E-state index contributed by atoms with van der Waals surface area (Å²) in [6.07, 6.45) is -0.634. The van der Waals surface area contributed by atoms with E-state index in [1.807, 2.05) is 0 Å². The van der Waals surface area contributed by atoms with Crippen molar-refractivity contribution in [3.8, 4) is 0 Å². The average molecular weight is 412 g/mol. The summed E-state index contributed by atoms with van der Waals surface area (Å²) >= 11 is 11.8. The van der Waals surface area contributed by atoms with Gasteiger partial charge >= 0.3 is 0 Å². The molecule has 1 atom stereocenters. The molecule has 1 heterocycles. The van der Waals surface area contributed by atoms with Gasteiger partial charge in [-0.05, 0) is 18.1 Å². The Balaban J connectivity index is 2.11. The molecule has 1 amide bonds. The van der Waals surface area contributed by atoms with Crippen LogP contribution in [0.3, 0.4) is 0 Å². The number of hydrogen-bond donors (Lipinski definition) is 0. The molecule has 9 heteroatoms. The Labute approximate surface area is 157 Å². The number of benzene rings is 1. The van der Waals surface area contributed by atoms with Gasteiger partial charge in [0.1, 0.15) is 17.7 Å². The number of carbonyl (C=O) groups excluding carboxylic acids is 1. The van der Waals surface area contributed by atoms with E-state index in [4.69, 9.17) is 27.9 Å². The molecule has 1 aromatic rings. The van der Waals surface area contributed by atoms with Crippen LogP contribution in [-0.4, -0.2) is 50.4 Å². The number of sulfone groups is 1. The lowest BCUT2D eigenvalue weighted by Gasteiger charge is -2.33. The van der Waals surface area contributed by atoms with Gasteiger partial charge in [0.05, 0.1) is 23.9 Å². The third-order valence-electron chi connectivity index (χ3n) is 3.74. The number of nitrogens with zero attached hydrogens (tertiary/aromatic N) is 1. The quantitative estimate of drug-likeness (QED) is 0.698. The van der Waals surface area contributed by atoms with Crippen molar-refractivity contribution in [1.82, 2.24) is 4.90 Å². The van der Waals surface area contributed by atoms with E-state index in [2.05, 4.69) is 0 Å². The topological polar surface area (TPSA) is 63.7 Å². The Kier molecular flexibility index (Phi) is 6.70. The highest BCUT2D eigenvalue weighted by molar-refractivity contribution is 7.92. The zero-order valence-corrected chi connectivity index (χ0v) is 16.3. The lowest BCUT2D eigenvalue weighted by Crippen LogP contribution is -2.45. The van der Waals surface area contributed by atoms with Crippen LogP contribution < -0.4 is 0 Å². The van der Waals surface area contributed by atoms with Crippen LogP contribution in [0.1, 0.15) is 25.5 Å². The highest BCUT2D eigenvalue weighted by atomic mass is 35.5.